The van der Waals surface area contributed by atoms with E-state index >= 15 is 0 Å². The Kier molecular flexibility index (Phi) is 6.01. The molecule has 2 aromatic carbocycles. The van der Waals surface area contributed by atoms with E-state index in [1.807, 2.05) is 49.4 Å². The Labute approximate surface area is 132 Å². The molecule has 1 amide bonds. The number of benzene rings is 2. The predicted molar refractivity (Wildman–Crippen MR) is 89.2 cm³/mol. The summed E-state index contributed by atoms with van der Waals surface area (Å²) in [7, 11) is 0. The molecule has 0 aliphatic heterocycles. The SMILES string of the molecule is Cc1ccccc1OCCC(=O)NCC(C)c1ccccc1. The van der Waals surface area contributed by atoms with Crippen LogP contribution >= 0.6 is 0 Å². The largest absolute Gasteiger partial charge is 0.493 e. The van der Waals surface area contributed by atoms with Gasteiger partial charge >= 0.3 is 0 Å². The average molecular weight is 297 g/mol. The second-order valence-corrected chi connectivity index (χ2v) is 5.48. The lowest BCUT2D eigenvalue weighted by atomic mass is 10.0. The van der Waals surface area contributed by atoms with Crippen molar-refractivity contribution < 1.29 is 9.53 Å². The molecule has 0 radical (unpaired) electrons. The van der Waals surface area contributed by atoms with E-state index in [1.54, 1.807) is 0 Å². The van der Waals surface area contributed by atoms with E-state index in [0.29, 0.717) is 25.5 Å². The van der Waals surface area contributed by atoms with Crippen LogP contribution in [0.4, 0.5) is 0 Å². The Bertz CT molecular complexity index is 595. The number of rotatable bonds is 7. The quantitative estimate of drug-likeness (QED) is 0.846. The minimum Gasteiger partial charge on any atom is -0.493 e. The monoisotopic (exact) mass is 297 g/mol. The number of aryl methyl sites for hydroxylation is 1. The summed E-state index contributed by atoms with van der Waals surface area (Å²) in [5, 5.41) is 2.96. The zero-order valence-corrected chi connectivity index (χ0v) is 13.2. The summed E-state index contributed by atoms with van der Waals surface area (Å²) in [6.07, 6.45) is 0.371. The Morgan fingerprint density at radius 3 is 2.50 bits per heavy atom. The van der Waals surface area contributed by atoms with Gasteiger partial charge in [0.05, 0.1) is 13.0 Å². The first kappa shape index (κ1) is 16.1. The van der Waals surface area contributed by atoms with Gasteiger partial charge < -0.3 is 10.1 Å². The Morgan fingerprint density at radius 1 is 1.09 bits per heavy atom. The van der Waals surface area contributed by atoms with Crippen molar-refractivity contribution in [1.29, 1.82) is 0 Å². The van der Waals surface area contributed by atoms with E-state index in [4.69, 9.17) is 4.74 Å². The van der Waals surface area contributed by atoms with Gasteiger partial charge in [0.15, 0.2) is 0 Å². The summed E-state index contributed by atoms with van der Waals surface area (Å²) in [6.45, 7) is 5.15. The van der Waals surface area contributed by atoms with Crippen molar-refractivity contribution in [2.24, 2.45) is 0 Å². The van der Waals surface area contributed by atoms with Crippen molar-refractivity contribution in [3.8, 4) is 5.75 Å². The fourth-order valence-electron chi connectivity index (χ4n) is 2.23. The molecule has 0 aliphatic rings. The van der Waals surface area contributed by atoms with Crippen molar-refractivity contribution in [1.82, 2.24) is 5.32 Å². The molecule has 0 spiro atoms. The highest BCUT2D eigenvalue weighted by molar-refractivity contribution is 5.76. The summed E-state index contributed by atoms with van der Waals surface area (Å²) in [6, 6.07) is 18.0. The highest BCUT2D eigenvalue weighted by Crippen LogP contribution is 2.16. The molecule has 3 heteroatoms. The van der Waals surface area contributed by atoms with Gasteiger partial charge in [-0.1, -0.05) is 55.5 Å². The molecule has 1 atom stereocenters. The molecular formula is C19H23NO2. The fourth-order valence-corrected chi connectivity index (χ4v) is 2.23. The van der Waals surface area contributed by atoms with Crippen LogP contribution in [0.3, 0.4) is 0 Å². The summed E-state index contributed by atoms with van der Waals surface area (Å²) in [5.41, 5.74) is 2.32. The van der Waals surface area contributed by atoms with Crippen LogP contribution in [0, 0.1) is 6.92 Å². The van der Waals surface area contributed by atoms with E-state index in [9.17, 15) is 4.79 Å². The van der Waals surface area contributed by atoms with Crippen LogP contribution in [0.25, 0.3) is 0 Å². The number of para-hydroxylation sites is 1. The van der Waals surface area contributed by atoms with Crippen LogP contribution in [0.15, 0.2) is 54.6 Å². The van der Waals surface area contributed by atoms with E-state index in [1.165, 1.54) is 5.56 Å². The van der Waals surface area contributed by atoms with E-state index < -0.39 is 0 Å². The molecular weight excluding hydrogens is 274 g/mol. The first-order valence-electron chi connectivity index (χ1n) is 7.67. The lowest BCUT2D eigenvalue weighted by molar-refractivity contribution is -0.121. The van der Waals surface area contributed by atoms with Gasteiger partial charge in [-0.2, -0.15) is 0 Å². The third kappa shape index (κ3) is 4.92. The normalized spacial score (nSPS) is 11.7. The molecule has 2 rings (SSSR count). The summed E-state index contributed by atoms with van der Waals surface area (Å²) >= 11 is 0. The van der Waals surface area contributed by atoms with Gasteiger partial charge in [0.2, 0.25) is 5.91 Å². The van der Waals surface area contributed by atoms with E-state index in [2.05, 4.69) is 24.4 Å². The van der Waals surface area contributed by atoms with Gasteiger partial charge in [-0.25, -0.2) is 0 Å². The molecule has 0 saturated heterocycles. The number of carbonyl (C=O) groups is 1. The first-order chi connectivity index (χ1) is 10.7. The molecule has 0 aliphatic carbocycles. The molecule has 0 fully saturated rings. The number of hydrogen-bond acceptors (Lipinski definition) is 2. The lowest BCUT2D eigenvalue weighted by Crippen LogP contribution is -2.28. The molecule has 22 heavy (non-hydrogen) atoms. The maximum atomic E-state index is 11.9. The zero-order chi connectivity index (χ0) is 15.8. The molecule has 2 aromatic rings. The predicted octanol–water partition coefficient (Wildman–Crippen LogP) is 3.68. The van der Waals surface area contributed by atoms with Crippen molar-refractivity contribution in [3.63, 3.8) is 0 Å². The smallest absolute Gasteiger partial charge is 0.223 e. The van der Waals surface area contributed by atoms with Gasteiger partial charge in [-0.3, -0.25) is 4.79 Å². The maximum Gasteiger partial charge on any atom is 0.223 e. The highest BCUT2D eigenvalue weighted by atomic mass is 16.5. The minimum absolute atomic E-state index is 0.0244. The van der Waals surface area contributed by atoms with Crippen LogP contribution in [0.1, 0.15) is 30.4 Å². The number of nitrogens with one attached hydrogen (secondary N) is 1. The Balaban J connectivity index is 1.69. The molecule has 116 valence electrons. The number of carbonyl (C=O) groups excluding carboxylic acids is 1. The molecule has 0 heterocycles. The minimum atomic E-state index is 0.0244. The van der Waals surface area contributed by atoms with Crippen LogP contribution in [-0.4, -0.2) is 19.1 Å². The molecule has 1 N–H and O–H groups in total. The number of hydrogen-bond donors (Lipinski definition) is 1. The Hall–Kier alpha value is -2.29. The first-order valence-corrected chi connectivity index (χ1v) is 7.67. The summed E-state index contributed by atoms with van der Waals surface area (Å²) in [4.78, 5) is 11.9. The second-order valence-electron chi connectivity index (χ2n) is 5.48. The van der Waals surface area contributed by atoms with Gasteiger partial charge in [0.1, 0.15) is 5.75 Å². The molecule has 1 unspecified atom stereocenters. The third-order valence-electron chi connectivity index (χ3n) is 3.65. The van der Waals surface area contributed by atoms with Gasteiger partial charge in [-0.15, -0.1) is 0 Å². The van der Waals surface area contributed by atoms with Crippen molar-refractivity contribution in [2.45, 2.75) is 26.2 Å². The van der Waals surface area contributed by atoms with Gasteiger partial charge in [0.25, 0.3) is 0 Å². The number of amides is 1. The van der Waals surface area contributed by atoms with Crippen molar-refractivity contribution in [2.75, 3.05) is 13.2 Å². The highest BCUT2D eigenvalue weighted by Gasteiger charge is 2.08. The van der Waals surface area contributed by atoms with Gasteiger partial charge in [-0.05, 0) is 30.0 Å². The fraction of sp³-hybridized carbons (Fsp3) is 0.316. The Morgan fingerprint density at radius 2 is 1.77 bits per heavy atom. The average Bonchev–Trinajstić information content (AvgIpc) is 2.55. The topological polar surface area (TPSA) is 38.3 Å². The van der Waals surface area contributed by atoms with E-state index in [0.717, 1.165) is 11.3 Å². The van der Waals surface area contributed by atoms with Crippen LogP contribution in [-0.2, 0) is 4.79 Å². The van der Waals surface area contributed by atoms with Crippen LogP contribution < -0.4 is 10.1 Å². The molecule has 0 aromatic heterocycles. The third-order valence-corrected chi connectivity index (χ3v) is 3.65. The molecule has 0 saturated carbocycles. The maximum absolute atomic E-state index is 11.9. The lowest BCUT2D eigenvalue weighted by Gasteiger charge is -2.13. The molecule has 3 nitrogen and oxygen atoms in total. The summed E-state index contributed by atoms with van der Waals surface area (Å²) < 4.78 is 5.64. The van der Waals surface area contributed by atoms with E-state index in [-0.39, 0.29) is 5.91 Å². The van der Waals surface area contributed by atoms with Crippen molar-refractivity contribution >= 4 is 5.91 Å². The standard InChI is InChI=1S/C19H23NO2/c1-15-8-6-7-11-18(15)22-13-12-19(21)20-14-16(2)17-9-4-3-5-10-17/h3-11,16H,12-14H2,1-2H3,(H,20,21). The zero-order valence-electron chi connectivity index (χ0n) is 13.2. The second kappa shape index (κ2) is 8.23. The summed E-state index contributed by atoms with van der Waals surface area (Å²) in [5.74, 6) is 1.17. The van der Waals surface area contributed by atoms with Crippen molar-refractivity contribution in [3.05, 3.63) is 65.7 Å². The number of ether oxygens (including phenoxy) is 1. The molecule has 0 bridgehead atoms. The van der Waals surface area contributed by atoms with Crippen LogP contribution in [0.2, 0.25) is 0 Å². The van der Waals surface area contributed by atoms with Gasteiger partial charge in [0, 0.05) is 6.54 Å². The van der Waals surface area contributed by atoms with Crippen LogP contribution in [0.5, 0.6) is 5.75 Å².